The van der Waals surface area contributed by atoms with Crippen LogP contribution in [0.4, 0.5) is 5.69 Å². The molecule has 122 valence electrons. The average Bonchev–Trinajstić information content (AvgIpc) is 3.03. The number of rotatable bonds is 5. The summed E-state index contributed by atoms with van der Waals surface area (Å²) >= 11 is 7.46. The van der Waals surface area contributed by atoms with E-state index in [-0.39, 0.29) is 5.91 Å². The number of hydrogen-bond donors (Lipinski definition) is 1. The first-order chi connectivity index (χ1) is 11.6. The molecular formula is C19H16ClNO2S. The summed E-state index contributed by atoms with van der Waals surface area (Å²) in [6.45, 7) is 2.36. The van der Waals surface area contributed by atoms with Gasteiger partial charge in [-0.05, 0) is 48.2 Å². The van der Waals surface area contributed by atoms with Gasteiger partial charge in [0, 0.05) is 11.3 Å². The monoisotopic (exact) mass is 357 g/mol. The van der Waals surface area contributed by atoms with E-state index in [9.17, 15) is 4.79 Å². The average molecular weight is 358 g/mol. The van der Waals surface area contributed by atoms with Crippen LogP contribution in [0.1, 0.15) is 20.8 Å². The molecule has 1 aromatic heterocycles. The maximum absolute atomic E-state index is 12.3. The SMILES string of the molecule is Cc1cccc(NC(=O)c2cc(COc3ccccc3Cl)cs2)c1. The van der Waals surface area contributed by atoms with E-state index in [4.69, 9.17) is 16.3 Å². The molecule has 3 rings (SSSR count). The number of aryl methyl sites for hydroxylation is 1. The summed E-state index contributed by atoms with van der Waals surface area (Å²) in [5.41, 5.74) is 2.84. The third-order valence-corrected chi connectivity index (χ3v) is 4.67. The highest BCUT2D eigenvalue weighted by Gasteiger charge is 2.10. The first-order valence-electron chi connectivity index (χ1n) is 7.44. The van der Waals surface area contributed by atoms with E-state index in [0.717, 1.165) is 16.8 Å². The summed E-state index contributed by atoms with van der Waals surface area (Å²) in [6, 6.07) is 16.9. The minimum absolute atomic E-state index is 0.116. The van der Waals surface area contributed by atoms with E-state index in [1.165, 1.54) is 11.3 Å². The highest BCUT2D eigenvalue weighted by atomic mass is 35.5. The molecule has 3 aromatic rings. The minimum atomic E-state index is -0.116. The Morgan fingerprint density at radius 1 is 1.17 bits per heavy atom. The van der Waals surface area contributed by atoms with Gasteiger partial charge >= 0.3 is 0 Å². The van der Waals surface area contributed by atoms with Crippen molar-refractivity contribution >= 4 is 34.5 Å². The van der Waals surface area contributed by atoms with Crippen LogP contribution >= 0.6 is 22.9 Å². The quantitative estimate of drug-likeness (QED) is 0.650. The summed E-state index contributed by atoms with van der Waals surface area (Å²) < 4.78 is 5.69. The maximum Gasteiger partial charge on any atom is 0.265 e. The van der Waals surface area contributed by atoms with Crippen molar-refractivity contribution in [2.75, 3.05) is 5.32 Å². The van der Waals surface area contributed by atoms with Crippen molar-refractivity contribution in [1.82, 2.24) is 0 Å². The Balaban J connectivity index is 1.62. The number of para-hydroxylation sites is 1. The standard InChI is InChI=1S/C19H16ClNO2S/c1-13-5-4-6-15(9-13)21-19(22)18-10-14(12-24-18)11-23-17-8-3-2-7-16(17)20/h2-10,12H,11H2,1H3,(H,21,22). The fraction of sp³-hybridized carbons (Fsp3) is 0.105. The van der Waals surface area contributed by atoms with Gasteiger partial charge in [-0.3, -0.25) is 4.79 Å². The van der Waals surface area contributed by atoms with Crippen molar-refractivity contribution in [3.8, 4) is 5.75 Å². The molecule has 5 heteroatoms. The lowest BCUT2D eigenvalue weighted by Crippen LogP contribution is -2.10. The Bertz CT molecular complexity index is 860. The van der Waals surface area contributed by atoms with Crippen LogP contribution in [0.15, 0.2) is 60.0 Å². The zero-order valence-electron chi connectivity index (χ0n) is 13.1. The van der Waals surface area contributed by atoms with Crippen LogP contribution in [0, 0.1) is 6.92 Å². The summed E-state index contributed by atoms with van der Waals surface area (Å²) in [5, 5.41) is 5.40. The van der Waals surface area contributed by atoms with Crippen LogP contribution in [-0.4, -0.2) is 5.91 Å². The Morgan fingerprint density at radius 3 is 2.79 bits per heavy atom. The first-order valence-corrected chi connectivity index (χ1v) is 8.70. The van der Waals surface area contributed by atoms with Crippen LogP contribution in [0.3, 0.4) is 0 Å². The van der Waals surface area contributed by atoms with Crippen LogP contribution in [0.2, 0.25) is 5.02 Å². The lowest BCUT2D eigenvalue weighted by molar-refractivity contribution is 0.103. The topological polar surface area (TPSA) is 38.3 Å². The number of halogens is 1. The molecular weight excluding hydrogens is 342 g/mol. The third-order valence-electron chi connectivity index (χ3n) is 3.38. The lowest BCUT2D eigenvalue weighted by atomic mass is 10.2. The van der Waals surface area contributed by atoms with Crippen LogP contribution < -0.4 is 10.1 Å². The van der Waals surface area contributed by atoms with E-state index in [1.807, 2.05) is 60.8 Å². The predicted molar refractivity (Wildman–Crippen MR) is 99.2 cm³/mol. The molecule has 0 aliphatic carbocycles. The van der Waals surface area contributed by atoms with Crippen LogP contribution in [0.5, 0.6) is 5.75 Å². The number of carbonyl (C=O) groups is 1. The first kappa shape index (κ1) is 16.6. The Kier molecular flexibility index (Phi) is 5.18. The lowest BCUT2D eigenvalue weighted by Gasteiger charge is -2.06. The molecule has 0 radical (unpaired) electrons. The number of ether oxygens (including phenoxy) is 1. The van der Waals surface area contributed by atoms with Crippen molar-refractivity contribution in [2.24, 2.45) is 0 Å². The van der Waals surface area contributed by atoms with E-state index in [2.05, 4.69) is 5.32 Å². The largest absolute Gasteiger partial charge is 0.487 e. The molecule has 1 heterocycles. The van der Waals surface area contributed by atoms with Gasteiger partial charge in [0.15, 0.2) is 0 Å². The van der Waals surface area contributed by atoms with Crippen molar-refractivity contribution in [3.63, 3.8) is 0 Å². The number of thiophene rings is 1. The molecule has 0 atom stereocenters. The molecule has 0 aliphatic rings. The van der Waals surface area contributed by atoms with Gasteiger partial charge in [-0.2, -0.15) is 0 Å². The fourth-order valence-electron chi connectivity index (χ4n) is 2.21. The molecule has 1 N–H and O–H groups in total. The van der Waals surface area contributed by atoms with Gasteiger partial charge in [0.1, 0.15) is 12.4 Å². The van der Waals surface area contributed by atoms with Crippen molar-refractivity contribution < 1.29 is 9.53 Å². The Hall–Kier alpha value is -2.30. The zero-order chi connectivity index (χ0) is 16.9. The smallest absolute Gasteiger partial charge is 0.265 e. The number of nitrogens with one attached hydrogen (secondary N) is 1. The van der Waals surface area contributed by atoms with E-state index in [1.54, 1.807) is 6.07 Å². The molecule has 0 saturated carbocycles. The van der Waals surface area contributed by atoms with Gasteiger partial charge in [-0.15, -0.1) is 11.3 Å². The molecule has 3 nitrogen and oxygen atoms in total. The van der Waals surface area contributed by atoms with Crippen molar-refractivity contribution in [1.29, 1.82) is 0 Å². The van der Waals surface area contributed by atoms with Gasteiger partial charge < -0.3 is 10.1 Å². The molecule has 2 aromatic carbocycles. The molecule has 1 amide bonds. The second-order valence-electron chi connectivity index (χ2n) is 5.36. The van der Waals surface area contributed by atoms with Crippen molar-refractivity contribution in [3.05, 3.63) is 81.0 Å². The van der Waals surface area contributed by atoms with Gasteiger partial charge in [0.25, 0.3) is 5.91 Å². The van der Waals surface area contributed by atoms with Crippen LogP contribution in [-0.2, 0) is 6.61 Å². The number of carbonyl (C=O) groups excluding carboxylic acids is 1. The highest BCUT2D eigenvalue weighted by Crippen LogP contribution is 2.25. The Morgan fingerprint density at radius 2 is 2.00 bits per heavy atom. The summed E-state index contributed by atoms with van der Waals surface area (Å²) in [4.78, 5) is 13.0. The molecule has 0 spiro atoms. The number of hydrogen-bond acceptors (Lipinski definition) is 3. The third kappa shape index (κ3) is 4.16. The van der Waals surface area contributed by atoms with Crippen LogP contribution in [0.25, 0.3) is 0 Å². The van der Waals surface area contributed by atoms with Crippen molar-refractivity contribution in [2.45, 2.75) is 13.5 Å². The normalized spacial score (nSPS) is 10.4. The summed E-state index contributed by atoms with van der Waals surface area (Å²) in [6.07, 6.45) is 0. The summed E-state index contributed by atoms with van der Waals surface area (Å²) in [7, 11) is 0. The minimum Gasteiger partial charge on any atom is -0.487 e. The number of benzene rings is 2. The molecule has 24 heavy (non-hydrogen) atoms. The number of amides is 1. The van der Waals surface area contributed by atoms with Gasteiger partial charge in [0.2, 0.25) is 0 Å². The Labute approximate surface area is 149 Å². The number of anilines is 1. The highest BCUT2D eigenvalue weighted by molar-refractivity contribution is 7.12. The van der Waals surface area contributed by atoms with Gasteiger partial charge in [-0.1, -0.05) is 35.9 Å². The zero-order valence-corrected chi connectivity index (χ0v) is 14.7. The maximum atomic E-state index is 12.3. The molecule has 0 aliphatic heterocycles. The predicted octanol–water partition coefficient (Wildman–Crippen LogP) is 5.54. The molecule has 0 fully saturated rings. The second-order valence-corrected chi connectivity index (χ2v) is 6.68. The molecule has 0 bridgehead atoms. The van der Waals surface area contributed by atoms with Gasteiger partial charge in [-0.25, -0.2) is 0 Å². The summed E-state index contributed by atoms with van der Waals surface area (Å²) in [5.74, 6) is 0.519. The fourth-order valence-corrected chi connectivity index (χ4v) is 3.19. The molecule has 0 unspecified atom stereocenters. The van der Waals surface area contributed by atoms with Gasteiger partial charge in [0.05, 0.1) is 9.90 Å². The molecule has 0 saturated heterocycles. The van der Waals surface area contributed by atoms with E-state index < -0.39 is 0 Å². The second kappa shape index (κ2) is 7.51. The van der Waals surface area contributed by atoms with E-state index >= 15 is 0 Å². The van der Waals surface area contributed by atoms with E-state index in [0.29, 0.717) is 22.3 Å².